The van der Waals surface area contributed by atoms with Crippen molar-refractivity contribution in [3.63, 3.8) is 0 Å². The van der Waals surface area contributed by atoms with Crippen LogP contribution < -0.4 is 5.32 Å². The summed E-state index contributed by atoms with van der Waals surface area (Å²) in [5.41, 5.74) is 0.438. The largest absolute Gasteiger partial charge is 0.382 e. The molecule has 5 heteroatoms. The van der Waals surface area contributed by atoms with Crippen LogP contribution in [0.4, 0.5) is 0 Å². The summed E-state index contributed by atoms with van der Waals surface area (Å²) in [7, 11) is 0. The van der Waals surface area contributed by atoms with Crippen molar-refractivity contribution in [2.75, 3.05) is 19.7 Å². The average Bonchev–Trinajstić information content (AvgIpc) is 2.59. The van der Waals surface area contributed by atoms with Crippen molar-refractivity contribution in [2.24, 2.45) is 0 Å². The van der Waals surface area contributed by atoms with E-state index >= 15 is 0 Å². The highest BCUT2D eigenvalue weighted by Crippen LogP contribution is 2.34. The highest BCUT2D eigenvalue weighted by molar-refractivity contribution is 6.33. The van der Waals surface area contributed by atoms with Crippen LogP contribution in [0.2, 0.25) is 10.0 Å². The van der Waals surface area contributed by atoms with Gasteiger partial charge in [-0.05, 0) is 29.3 Å². The quantitative estimate of drug-likeness (QED) is 0.886. The van der Waals surface area contributed by atoms with Crippen LogP contribution >= 0.6 is 23.2 Å². The SMILES string of the molecule is O[C@](Cc1cc(Cl)ccc1Cl)(c1ccccc1)C1CNCCO1. The lowest BCUT2D eigenvalue weighted by molar-refractivity contribution is -0.124. The van der Waals surface area contributed by atoms with Gasteiger partial charge in [0.15, 0.2) is 0 Å². The minimum absolute atomic E-state index is 0.336. The third-order valence-electron chi connectivity index (χ3n) is 4.20. The lowest BCUT2D eigenvalue weighted by Gasteiger charge is -2.39. The summed E-state index contributed by atoms with van der Waals surface area (Å²) in [5.74, 6) is 0. The summed E-state index contributed by atoms with van der Waals surface area (Å²) >= 11 is 12.4. The lowest BCUT2D eigenvalue weighted by atomic mass is 9.82. The van der Waals surface area contributed by atoms with Gasteiger partial charge in [0.25, 0.3) is 0 Å². The van der Waals surface area contributed by atoms with Gasteiger partial charge >= 0.3 is 0 Å². The summed E-state index contributed by atoms with van der Waals surface area (Å²) in [6.07, 6.45) is -0.0170. The number of hydrogen-bond acceptors (Lipinski definition) is 3. The first-order valence-corrected chi connectivity index (χ1v) is 8.39. The van der Waals surface area contributed by atoms with Crippen molar-refractivity contribution in [3.05, 3.63) is 69.7 Å². The van der Waals surface area contributed by atoms with Crippen molar-refractivity contribution in [3.8, 4) is 0 Å². The Labute approximate surface area is 146 Å². The molecule has 0 radical (unpaired) electrons. The lowest BCUT2D eigenvalue weighted by Crippen LogP contribution is -2.52. The van der Waals surface area contributed by atoms with Crippen LogP contribution in [-0.4, -0.2) is 30.9 Å². The molecule has 2 N–H and O–H groups in total. The van der Waals surface area contributed by atoms with Crippen LogP contribution in [0.1, 0.15) is 11.1 Å². The zero-order valence-corrected chi connectivity index (χ0v) is 14.1. The fraction of sp³-hybridized carbons (Fsp3) is 0.333. The smallest absolute Gasteiger partial charge is 0.121 e. The molecule has 2 aromatic rings. The number of morpholine rings is 1. The first kappa shape index (κ1) is 16.7. The van der Waals surface area contributed by atoms with Gasteiger partial charge in [-0.2, -0.15) is 0 Å². The zero-order chi connectivity index (χ0) is 16.3. The van der Waals surface area contributed by atoms with Gasteiger partial charge in [-0.3, -0.25) is 0 Å². The molecular formula is C18H19Cl2NO2. The maximum Gasteiger partial charge on any atom is 0.121 e. The second-order valence-electron chi connectivity index (χ2n) is 5.77. The van der Waals surface area contributed by atoms with E-state index in [0.717, 1.165) is 17.7 Å². The molecule has 1 aliphatic heterocycles. The van der Waals surface area contributed by atoms with E-state index in [0.29, 0.717) is 29.6 Å². The van der Waals surface area contributed by atoms with E-state index in [1.807, 2.05) is 30.3 Å². The van der Waals surface area contributed by atoms with Crippen LogP contribution in [0, 0.1) is 0 Å². The molecule has 1 fully saturated rings. The standard InChI is InChI=1S/C18H19Cl2NO2/c19-15-6-7-16(20)13(10-15)11-18(22,14-4-2-1-3-5-14)17-12-21-8-9-23-17/h1-7,10,17,21-22H,8-9,11-12H2/t17?,18-/m1/s1. The number of benzene rings is 2. The van der Waals surface area contributed by atoms with Crippen molar-refractivity contribution in [2.45, 2.75) is 18.1 Å². The number of ether oxygens (including phenoxy) is 1. The van der Waals surface area contributed by atoms with Gasteiger partial charge in [0.1, 0.15) is 11.7 Å². The summed E-state index contributed by atoms with van der Waals surface area (Å²) in [6, 6.07) is 14.9. The Hall–Kier alpha value is -1.10. The maximum atomic E-state index is 11.5. The Balaban J connectivity index is 1.99. The van der Waals surface area contributed by atoms with Gasteiger partial charge in [-0.15, -0.1) is 0 Å². The van der Waals surface area contributed by atoms with Gasteiger partial charge in [0.2, 0.25) is 0 Å². The van der Waals surface area contributed by atoms with E-state index < -0.39 is 5.60 Å². The van der Waals surface area contributed by atoms with Crippen LogP contribution in [0.15, 0.2) is 48.5 Å². The summed E-state index contributed by atoms with van der Waals surface area (Å²) in [5, 5.41) is 16.0. The van der Waals surface area contributed by atoms with Crippen LogP contribution in [0.5, 0.6) is 0 Å². The second kappa shape index (κ2) is 7.20. The third kappa shape index (κ3) is 3.70. The van der Waals surface area contributed by atoms with E-state index in [-0.39, 0.29) is 6.10 Å². The van der Waals surface area contributed by atoms with Crippen LogP contribution in [0.25, 0.3) is 0 Å². The first-order valence-electron chi connectivity index (χ1n) is 7.64. The van der Waals surface area contributed by atoms with Crippen LogP contribution in [-0.2, 0) is 16.8 Å². The maximum absolute atomic E-state index is 11.5. The van der Waals surface area contributed by atoms with Gasteiger partial charge in [0.05, 0.1) is 6.61 Å². The Morgan fingerprint density at radius 2 is 1.96 bits per heavy atom. The van der Waals surface area contributed by atoms with Gasteiger partial charge in [0, 0.05) is 29.6 Å². The molecule has 3 nitrogen and oxygen atoms in total. The molecule has 122 valence electrons. The normalized spacial score (nSPS) is 20.9. The third-order valence-corrected chi connectivity index (χ3v) is 4.81. The highest BCUT2D eigenvalue weighted by atomic mass is 35.5. The minimum atomic E-state index is -1.18. The van der Waals surface area contributed by atoms with Gasteiger partial charge < -0.3 is 15.2 Å². The summed E-state index contributed by atoms with van der Waals surface area (Å²) in [6.45, 7) is 1.95. The van der Waals surface area contributed by atoms with E-state index in [4.69, 9.17) is 27.9 Å². The van der Waals surface area contributed by atoms with E-state index in [2.05, 4.69) is 5.32 Å². The molecule has 0 aromatic heterocycles. The minimum Gasteiger partial charge on any atom is -0.382 e. The molecular weight excluding hydrogens is 333 g/mol. The predicted molar refractivity (Wildman–Crippen MR) is 93.1 cm³/mol. The fourth-order valence-electron chi connectivity index (χ4n) is 2.97. The monoisotopic (exact) mass is 351 g/mol. The zero-order valence-electron chi connectivity index (χ0n) is 12.6. The van der Waals surface area contributed by atoms with E-state index in [1.54, 1.807) is 18.2 Å². The number of rotatable bonds is 4. The Morgan fingerprint density at radius 1 is 1.17 bits per heavy atom. The molecule has 0 spiro atoms. The van der Waals surface area contributed by atoms with Gasteiger partial charge in [-0.25, -0.2) is 0 Å². The Bertz CT molecular complexity index is 659. The van der Waals surface area contributed by atoms with Crippen molar-refractivity contribution in [1.29, 1.82) is 0 Å². The van der Waals surface area contributed by atoms with E-state index in [1.165, 1.54) is 0 Å². The summed E-state index contributed by atoms with van der Waals surface area (Å²) < 4.78 is 5.85. The molecule has 1 heterocycles. The molecule has 1 aliphatic rings. The Kier molecular flexibility index (Phi) is 5.24. The topological polar surface area (TPSA) is 41.5 Å². The van der Waals surface area contributed by atoms with E-state index in [9.17, 15) is 5.11 Å². The number of halogens is 2. The predicted octanol–water partition coefficient (Wildman–Crippen LogP) is 3.41. The van der Waals surface area contributed by atoms with Crippen molar-refractivity contribution in [1.82, 2.24) is 5.32 Å². The van der Waals surface area contributed by atoms with Crippen molar-refractivity contribution < 1.29 is 9.84 Å². The fourth-order valence-corrected chi connectivity index (χ4v) is 3.35. The molecule has 2 aromatic carbocycles. The molecule has 23 heavy (non-hydrogen) atoms. The molecule has 1 saturated heterocycles. The molecule has 2 atom stereocenters. The summed E-state index contributed by atoms with van der Waals surface area (Å²) in [4.78, 5) is 0. The molecule has 3 rings (SSSR count). The number of nitrogens with one attached hydrogen (secondary N) is 1. The van der Waals surface area contributed by atoms with Crippen molar-refractivity contribution >= 4 is 23.2 Å². The molecule has 0 amide bonds. The van der Waals surface area contributed by atoms with Gasteiger partial charge in [-0.1, -0.05) is 53.5 Å². The Morgan fingerprint density at radius 3 is 2.65 bits per heavy atom. The number of aliphatic hydroxyl groups is 1. The first-order chi connectivity index (χ1) is 11.1. The molecule has 0 bridgehead atoms. The van der Waals surface area contributed by atoms with Crippen LogP contribution in [0.3, 0.4) is 0 Å². The molecule has 0 aliphatic carbocycles. The second-order valence-corrected chi connectivity index (χ2v) is 6.61. The molecule has 1 unspecified atom stereocenters. The number of hydrogen-bond donors (Lipinski definition) is 2. The highest BCUT2D eigenvalue weighted by Gasteiger charge is 2.40. The average molecular weight is 352 g/mol. The molecule has 0 saturated carbocycles.